The van der Waals surface area contributed by atoms with E-state index in [2.05, 4.69) is 0 Å². The first-order chi connectivity index (χ1) is 12.1. The molecule has 1 amide bonds. The van der Waals surface area contributed by atoms with E-state index in [1.54, 1.807) is 11.0 Å². The van der Waals surface area contributed by atoms with E-state index in [1.165, 1.54) is 0 Å². The first-order valence-corrected chi connectivity index (χ1v) is 8.53. The average molecular weight is 353 g/mol. The molecule has 0 atom stereocenters. The summed E-state index contributed by atoms with van der Waals surface area (Å²) >= 11 is 6.20. The maximum atomic E-state index is 12.9. The minimum atomic E-state index is -0.0213. The van der Waals surface area contributed by atoms with Crippen molar-refractivity contribution in [2.45, 2.75) is 6.42 Å². The molecule has 0 saturated heterocycles. The molecule has 1 aliphatic heterocycles. The van der Waals surface area contributed by atoms with Crippen LogP contribution < -0.4 is 9.80 Å². The number of likely N-dealkylation sites (N-methyl/N-ethyl adjacent to an activating group) is 1. The van der Waals surface area contributed by atoms with Crippen LogP contribution in [-0.4, -0.2) is 36.0 Å². The van der Waals surface area contributed by atoms with Crippen LogP contribution in [0.1, 0.15) is 5.56 Å². The van der Waals surface area contributed by atoms with Gasteiger partial charge in [0.2, 0.25) is 5.91 Å². The third kappa shape index (κ3) is 2.91. The van der Waals surface area contributed by atoms with E-state index in [9.17, 15) is 4.79 Å². The number of hydrogen-bond acceptors (Lipinski definition) is 4. The number of hydrogen-bond donors (Lipinski definition) is 0. The molecule has 1 aliphatic rings. The van der Waals surface area contributed by atoms with E-state index in [0.717, 1.165) is 22.4 Å². The standard InChI is InChI=1S/C19H17ClN4O/c1-23-10-11-24(17(25)12-13-6-2-3-7-14(13)20)19-18(23)21-15-8-4-5-9-16(15)22-19/h2-9H,10-12H2,1H3. The molecule has 1 aromatic heterocycles. The molecule has 4 rings (SSSR count). The fraction of sp³-hybridized carbons (Fsp3) is 0.211. The summed E-state index contributed by atoms with van der Waals surface area (Å²) in [6.45, 7) is 1.30. The molecule has 2 heterocycles. The van der Waals surface area contributed by atoms with Crippen molar-refractivity contribution in [2.24, 2.45) is 0 Å². The molecule has 0 radical (unpaired) electrons. The van der Waals surface area contributed by atoms with Crippen LogP contribution in [0.2, 0.25) is 5.02 Å². The SMILES string of the molecule is CN1CCN(C(=O)Cc2ccccc2Cl)c2nc3ccccc3nc21. The van der Waals surface area contributed by atoms with Crippen LogP contribution in [0.3, 0.4) is 0 Å². The average Bonchev–Trinajstić information content (AvgIpc) is 2.62. The summed E-state index contributed by atoms with van der Waals surface area (Å²) in [6, 6.07) is 15.1. The van der Waals surface area contributed by atoms with E-state index < -0.39 is 0 Å². The lowest BCUT2D eigenvalue weighted by Gasteiger charge is -2.33. The smallest absolute Gasteiger partial charge is 0.232 e. The van der Waals surface area contributed by atoms with Crippen molar-refractivity contribution in [3.63, 3.8) is 0 Å². The lowest BCUT2D eigenvalue weighted by atomic mass is 10.1. The van der Waals surface area contributed by atoms with Crippen LogP contribution in [0.15, 0.2) is 48.5 Å². The lowest BCUT2D eigenvalue weighted by Crippen LogP contribution is -2.44. The van der Waals surface area contributed by atoms with Crippen LogP contribution in [0, 0.1) is 0 Å². The summed E-state index contributed by atoms with van der Waals surface area (Å²) in [6.07, 6.45) is 0.247. The van der Waals surface area contributed by atoms with Crippen molar-refractivity contribution in [3.05, 3.63) is 59.1 Å². The van der Waals surface area contributed by atoms with Crippen molar-refractivity contribution < 1.29 is 4.79 Å². The van der Waals surface area contributed by atoms with Crippen LogP contribution in [-0.2, 0) is 11.2 Å². The van der Waals surface area contributed by atoms with Gasteiger partial charge in [-0.15, -0.1) is 0 Å². The molecule has 3 aromatic rings. The van der Waals surface area contributed by atoms with E-state index >= 15 is 0 Å². The Balaban J connectivity index is 1.72. The molecule has 6 heteroatoms. The van der Waals surface area contributed by atoms with Crippen molar-refractivity contribution in [1.82, 2.24) is 9.97 Å². The molecule has 0 spiro atoms. The first kappa shape index (κ1) is 15.8. The fourth-order valence-electron chi connectivity index (χ4n) is 3.02. The van der Waals surface area contributed by atoms with Crippen molar-refractivity contribution in [3.8, 4) is 0 Å². The van der Waals surface area contributed by atoms with Crippen molar-refractivity contribution >= 4 is 40.2 Å². The van der Waals surface area contributed by atoms with Gasteiger partial charge in [0, 0.05) is 25.2 Å². The molecule has 0 unspecified atom stereocenters. The first-order valence-electron chi connectivity index (χ1n) is 8.15. The maximum Gasteiger partial charge on any atom is 0.232 e. The Labute approximate surface area is 150 Å². The van der Waals surface area contributed by atoms with Gasteiger partial charge in [-0.05, 0) is 23.8 Å². The summed E-state index contributed by atoms with van der Waals surface area (Å²) in [5, 5.41) is 0.606. The Morgan fingerprint density at radius 3 is 2.36 bits per heavy atom. The summed E-state index contributed by atoms with van der Waals surface area (Å²) in [5.41, 5.74) is 2.43. The number of nitrogens with zero attached hydrogens (tertiary/aromatic N) is 4. The number of halogens is 1. The predicted molar refractivity (Wildman–Crippen MR) is 100 cm³/mol. The second-order valence-electron chi connectivity index (χ2n) is 6.09. The summed E-state index contributed by atoms with van der Waals surface area (Å²) in [5.74, 6) is 1.33. The molecule has 25 heavy (non-hydrogen) atoms. The largest absolute Gasteiger partial charge is 0.355 e. The van der Waals surface area contributed by atoms with Crippen LogP contribution in [0.25, 0.3) is 11.0 Å². The highest BCUT2D eigenvalue weighted by Crippen LogP contribution is 2.31. The zero-order chi connectivity index (χ0) is 17.4. The van der Waals surface area contributed by atoms with Crippen LogP contribution in [0.5, 0.6) is 0 Å². The molecular formula is C19H17ClN4O. The molecule has 0 saturated carbocycles. The number of aromatic nitrogens is 2. The summed E-state index contributed by atoms with van der Waals surface area (Å²) in [4.78, 5) is 26.1. The topological polar surface area (TPSA) is 49.3 Å². The van der Waals surface area contributed by atoms with Gasteiger partial charge in [0.05, 0.1) is 17.5 Å². The van der Waals surface area contributed by atoms with Gasteiger partial charge >= 0.3 is 0 Å². The van der Waals surface area contributed by atoms with E-state index in [1.807, 2.05) is 54.4 Å². The molecule has 0 N–H and O–H groups in total. The normalized spacial score (nSPS) is 13.8. The lowest BCUT2D eigenvalue weighted by molar-refractivity contribution is -0.118. The van der Waals surface area contributed by atoms with Crippen LogP contribution >= 0.6 is 11.6 Å². The molecule has 126 valence electrons. The number of carbonyl (C=O) groups is 1. The van der Waals surface area contributed by atoms with Gasteiger partial charge in [0.15, 0.2) is 11.6 Å². The van der Waals surface area contributed by atoms with Gasteiger partial charge in [-0.2, -0.15) is 0 Å². The van der Waals surface area contributed by atoms with Gasteiger partial charge in [0.1, 0.15) is 0 Å². The number of fused-ring (bicyclic) bond motifs is 2. The van der Waals surface area contributed by atoms with Gasteiger partial charge in [-0.1, -0.05) is 41.9 Å². The van der Waals surface area contributed by atoms with Gasteiger partial charge in [0.25, 0.3) is 0 Å². The Morgan fingerprint density at radius 2 is 1.64 bits per heavy atom. The third-order valence-electron chi connectivity index (χ3n) is 4.41. The highest BCUT2D eigenvalue weighted by Gasteiger charge is 2.28. The van der Waals surface area contributed by atoms with E-state index in [-0.39, 0.29) is 12.3 Å². The molecule has 0 bridgehead atoms. The number of carbonyl (C=O) groups excluding carboxylic acids is 1. The Morgan fingerprint density at radius 1 is 1.00 bits per heavy atom. The van der Waals surface area contributed by atoms with Crippen LogP contribution in [0.4, 0.5) is 11.6 Å². The minimum absolute atomic E-state index is 0.0213. The van der Waals surface area contributed by atoms with E-state index in [4.69, 9.17) is 21.6 Å². The number of amides is 1. The van der Waals surface area contributed by atoms with E-state index in [0.29, 0.717) is 23.9 Å². The van der Waals surface area contributed by atoms with Crippen molar-refractivity contribution in [1.29, 1.82) is 0 Å². The number of rotatable bonds is 2. The zero-order valence-electron chi connectivity index (χ0n) is 13.8. The van der Waals surface area contributed by atoms with Crippen molar-refractivity contribution in [2.75, 3.05) is 29.9 Å². The zero-order valence-corrected chi connectivity index (χ0v) is 14.6. The predicted octanol–water partition coefficient (Wildman–Crippen LogP) is 3.31. The quantitative estimate of drug-likeness (QED) is 0.710. The second kappa shape index (κ2) is 6.33. The Hall–Kier alpha value is -2.66. The number of para-hydroxylation sites is 2. The van der Waals surface area contributed by atoms with Gasteiger partial charge < -0.3 is 4.90 Å². The summed E-state index contributed by atoms with van der Waals surface area (Å²) in [7, 11) is 1.97. The fourth-order valence-corrected chi connectivity index (χ4v) is 3.23. The summed E-state index contributed by atoms with van der Waals surface area (Å²) < 4.78 is 0. The molecule has 0 fully saturated rings. The Bertz CT molecular complexity index is 959. The molecule has 2 aromatic carbocycles. The molecular weight excluding hydrogens is 336 g/mol. The maximum absolute atomic E-state index is 12.9. The van der Waals surface area contributed by atoms with Gasteiger partial charge in [-0.25, -0.2) is 9.97 Å². The Kier molecular flexibility index (Phi) is 4.01. The highest BCUT2D eigenvalue weighted by molar-refractivity contribution is 6.31. The number of benzene rings is 2. The molecule has 0 aliphatic carbocycles. The van der Waals surface area contributed by atoms with Gasteiger partial charge in [-0.3, -0.25) is 9.69 Å². The minimum Gasteiger partial charge on any atom is -0.355 e. The highest BCUT2D eigenvalue weighted by atomic mass is 35.5. The third-order valence-corrected chi connectivity index (χ3v) is 4.78. The number of anilines is 2. The molecule has 5 nitrogen and oxygen atoms in total. The monoisotopic (exact) mass is 352 g/mol. The second-order valence-corrected chi connectivity index (χ2v) is 6.50.